The molecule has 0 aliphatic carbocycles. The summed E-state index contributed by atoms with van der Waals surface area (Å²) in [6, 6.07) is 9.51. The summed E-state index contributed by atoms with van der Waals surface area (Å²) in [6.45, 7) is 4.50. The summed E-state index contributed by atoms with van der Waals surface area (Å²) in [5, 5.41) is 6.80. The van der Waals surface area contributed by atoms with E-state index in [9.17, 15) is 4.79 Å². The molecule has 0 aliphatic heterocycles. The standard InChI is InChI=1S/C16H18ClN3O/c1-11(2)20-16(21)13-7-15(10-18-9-13)19-8-12-3-5-14(17)6-4-12/h3-7,9-11,19H,8H2,1-2H3,(H,20,21). The molecule has 1 heterocycles. The Morgan fingerprint density at radius 1 is 1.24 bits per heavy atom. The molecule has 0 bridgehead atoms. The average Bonchev–Trinajstić information content (AvgIpc) is 2.46. The van der Waals surface area contributed by atoms with Crippen molar-refractivity contribution < 1.29 is 4.79 Å². The first-order valence-corrected chi connectivity index (χ1v) is 7.16. The molecule has 4 nitrogen and oxygen atoms in total. The number of carbonyl (C=O) groups excluding carboxylic acids is 1. The van der Waals surface area contributed by atoms with Crippen molar-refractivity contribution in [1.29, 1.82) is 0 Å². The van der Waals surface area contributed by atoms with Crippen molar-refractivity contribution >= 4 is 23.2 Å². The molecule has 0 saturated heterocycles. The lowest BCUT2D eigenvalue weighted by atomic mass is 10.2. The highest BCUT2D eigenvalue weighted by Gasteiger charge is 2.08. The first kappa shape index (κ1) is 15.3. The fraction of sp³-hybridized carbons (Fsp3) is 0.250. The molecule has 0 atom stereocenters. The van der Waals surface area contributed by atoms with Crippen LogP contribution in [0.1, 0.15) is 29.8 Å². The molecule has 110 valence electrons. The van der Waals surface area contributed by atoms with Gasteiger partial charge in [-0.3, -0.25) is 9.78 Å². The number of pyridine rings is 1. The first-order valence-electron chi connectivity index (χ1n) is 6.79. The van der Waals surface area contributed by atoms with Gasteiger partial charge in [-0.25, -0.2) is 0 Å². The minimum absolute atomic E-state index is 0.100. The van der Waals surface area contributed by atoms with Crippen molar-refractivity contribution in [2.75, 3.05) is 5.32 Å². The predicted molar refractivity (Wildman–Crippen MR) is 85.6 cm³/mol. The normalized spacial score (nSPS) is 10.5. The topological polar surface area (TPSA) is 54.0 Å². The quantitative estimate of drug-likeness (QED) is 0.889. The number of nitrogens with zero attached hydrogens (tertiary/aromatic N) is 1. The molecular formula is C16H18ClN3O. The summed E-state index contributed by atoms with van der Waals surface area (Å²) < 4.78 is 0. The number of anilines is 1. The maximum atomic E-state index is 11.9. The molecule has 0 aliphatic rings. The van der Waals surface area contributed by atoms with Crippen LogP contribution in [0.5, 0.6) is 0 Å². The van der Waals surface area contributed by atoms with Crippen LogP contribution >= 0.6 is 11.6 Å². The lowest BCUT2D eigenvalue weighted by Gasteiger charge is -2.10. The van der Waals surface area contributed by atoms with E-state index in [1.165, 1.54) is 0 Å². The summed E-state index contributed by atoms with van der Waals surface area (Å²) in [5.74, 6) is -0.118. The van der Waals surface area contributed by atoms with E-state index >= 15 is 0 Å². The van der Waals surface area contributed by atoms with Crippen molar-refractivity contribution in [1.82, 2.24) is 10.3 Å². The molecule has 1 amide bonds. The van der Waals surface area contributed by atoms with E-state index in [1.54, 1.807) is 18.5 Å². The largest absolute Gasteiger partial charge is 0.380 e. The van der Waals surface area contributed by atoms with Crippen LogP contribution in [0, 0.1) is 0 Å². The van der Waals surface area contributed by atoms with Crippen LogP contribution in [-0.2, 0) is 6.54 Å². The van der Waals surface area contributed by atoms with Crippen molar-refractivity contribution in [2.45, 2.75) is 26.4 Å². The van der Waals surface area contributed by atoms with E-state index in [0.29, 0.717) is 17.1 Å². The number of aromatic nitrogens is 1. The van der Waals surface area contributed by atoms with E-state index in [4.69, 9.17) is 11.6 Å². The van der Waals surface area contributed by atoms with Gasteiger partial charge in [0.2, 0.25) is 0 Å². The molecule has 0 unspecified atom stereocenters. The van der Waals surface area contributed by atoms with Crippen molar-refractivity contribution in [3.05, 3.63) is 58.9 Å². The van der Waals surface area contributed by atoms with Crippen molar-refractivity contribution in [3.8, 4) is 0 Å². The summed E-state index contributed by atoms with van der Waals surface area (Å²) in [7, 11) is 0. The number of rotatable bonds is 5. The second-order valence-corrected chi connectivity index (χ2v) is 5.51. The molecule has 0 fully saturated rings. The Balaban J connectivity index is 2.00. The molecule has 1 aromatic heterocycles. The zero-order valence-electron chi connectivity index (χ0n) is 12.1. The van der Waals surface area contributed by atoms with Gasteiger partial charge in [0.05, 0.1) is 11.3 Å². The monoisotopic (exact) mass is 303 g/mol. The minimum Gasteiger partial charge on any atom is -0.380 e. The van der Waals surface area contributed by atoms with Crippen molar-refractivity contribution in [2.24, 2.45) is 0 Å². The van der Waals surface area contributed by atoms with E-state index in [0.717, 1.165) is 11.3 Å². The number of halogens is 1. The lowest BCUT2D eigenvalue weighted by molar-refractivity contribution is 0.0943. The van der Waals surface area contributed by atoms with Gasteiger partial charge in [-0.05, 0) is 37.6 Å². The van der Waals surface area contributed by atoms with Crippen LogP contribution in [0.3, 0.4) is 0 Å². The Morgan fingerprint density at radius 3 is 2.62 bits per heavy atom. The first-order chi connectivity index (χ1) is 10.0. The van der Waals surface area contributed by atoms with Gasteiger partial charge in [0.25, 0.3) is 5.91 Å². The number of hydrogen-bond donors (Lipinski definition) is 2. The van der Waals surface area contributed by atoms with Crippen LogP contribution in [0.25, 0.3) is 0 Å². The highest BCUT2D eigenvalue weighted by atomic mass is 35.5. The summed E-state index contributed by atoms with van der Waals surface area (Å²) in [4.78, 5) is 16.0. The van der Waals surface area contributed by atoms with Gasteiger partial charge >= 0.3 is 0 Å². The maximum absolute atomic E-state index is 11.9. The van der Waals surface area contributed by atoms with Gasteiger partial charge in [0.1, 0.15) is 0 Å². The van der Waals surface area contributed by atoms with E-state index in [1.807, 2.05) is 38.1 Å². The highest BCUT2D eigenvalue weighted by Crippen LogP contribution is 2.13. The van der Waals surface area contributed by atoms with Crippen molar-refractivity contribution in [3.63, 3.8) is 0 Å². The highest BCUT2D eigenvalue weighted by molar-refractivity contribution is 6.30. The maximum Gasteiger partial charge on any atom is 0.253 e. The van der Waals surface area contributed by atoms with E-state index < -0.39 is 0 Å². The summed E-state index contributed by atoms with van der Waals surface area (Å²) >= 11 is 5.85. The van der Waals surface area contributed by atoms with Crippen LogP contribution in [0.15, 0.2) is 42.7 Å². The third kappa shape index (κ3) is 4.76. The summed E-state index contributed by atoms with van der Waals surface area (Å²) in [5.41, 5.74) is 2.46. The zero-order chi connectivity index (χ0) is 15.2. The van der Waals surface area contributed by atoms with Gasteiger partial charge in [-0.15, -0.1) is 0 Å². The second-order valence-electron chi connectivity index (χ2n) is 5.07. The molecule has 21 heavy (non-hydrogen) atoms. The number of carbonyl (C=O) groups is 1. The van der Waals surface area contributed by atoms with Gasteiger partial charge in [0, 0.05) is 30.0 Å². The van der Waals surface area contributed by atoms with Gasteiger partial charge in [-0.2, -0.15) is 0 Å². The van der Waals surface area contributed by atoms with E-state index in [-0.39, 0.29) is 11.9 Å². The average molecular weight is 304 g/mol. The van der Waals surface area contributed by atoms with Gasteiger partial charge in [0.15, 0.2) is 0 Å². The van der Waals surface area contributed by atoms with E-state index in [2.05, 4.69) is 15.6 Å². The molecule has 2 N–H and O–H groups in total. The van der Waals surface area contributed by atoms with Crippen LogP contribution < -0.4 is 10.6 Å². The predicted octanol–water partition coefficient (Wildman–Crippen LogP) is 3.49. The smallest absolute Gasteiger partial charge is 0.253 e. The molecule has 2 rings (SSSR count). The Labute approximate surface area is 129 Å². The van der Waals surface area contributed by atoms with Crippen LogP contribution in [-0.4, -0.2) is 16.9 Å². The Bertz CT molecular complexity index is 611. The third-order valence-corrected chi connectivity index (χ3v) is 3.08. The Morgan fingerprint density at radius 2 is 1.95 bits per heavy atom. The fourth-order valence-electron chi connectivity index (χ4n) is 1.81. The summed E-state index contributed by atoms with van der Waals surface area (Å²) in [6.07, 6.45) is 3.26. The number of nitrogens with one attached hydrogen (secondary N) is 2. The minimum atomic E-state index is -0.118. The Hall–Kier alpha value is -2.07. The molecular weight excluding hydrogens is 286 g/mol. The fourth-order valence-corrected chi connectivity index (χ4v) is 1.94. The lowest BCUT2D eigenvalue weighted by Crippen LogP contribution is -2.30. The SMILES string of the molecule is CC(C)NC(=O)c1cncc(NCc2ccc(Cl)cc2)c1. The molecule has 0 radical (unpaired) electrons. The molecule has 5 heteroatoms. The Kier molecular flexibility index (Phi) is 5.17. The van der Waals surface area contributed by atoms with Crippen LogP contribution in [0.2, 0.25) is 5.02 Å². The van der Waals surface area contributed by atoms with Gasteiger partial charge < -0.3 is 10.6 Å². The number of amides is 1. The molecule has 1 aromatic carbocycles. The molecule has 0 saturated carbocycles. The number of benzene rings is 1. The third-order valence-electron chi connectivity index (χ3n) is 2.83. The molecule has 0 spiro atoms. The zero-order valence-corrected chi connectivity index (χ0v) is 12.8. The van der Waals surface area contributed by atoms with Crippen LogP contribution in [0.4, 0.5) is 5.69 Å². The second kappa shape index (κ2) is 7.09. The number of hydrogen-bond acceptors (Lipinski definition) is 3. The van der Waals surface area contributed by atoms with Gasteiger partial charge in [-0.1, -0.05) is 23.7 Å². The molecule has 2 aromatic rings.